The molecule has 1 heterocycles. The van der Waals surface area contributed by atoms with Gasteiger partial charge in [-0.2, -0.15) is 0 Å². The number of nitrogen functional groups attached to an aromatic ring is 1. The molecule has 0 fully saturated rings. The molecule has 0 bridgehead atoms. The van der Waals surface area contributed by atoms with Gasteiger partial charge in [-0.05, 0) is 25.8 Å². The highest BCUT2D eigenvalue weighted by Gasteiger charge is 2.20. The lowest BCUT2D eigenvalue weighted by atomic mass is 10.1. The minimum absolute atomic E-state index is 0.289. The van der Waals surface area contributed by atoms with Crippen LogP contribution < -0.4 is 5.73 Å². The number of hydrogen-bond acceptors (Lipinski definition) is 4. The summed E-state index contributed by atoms with van der Waals surface area (Å²) in [6.45, 7) is 6.27. The standard InChI is InChI=1S/C11H17NO2S/c1-4-6-8-7(3)15-10(12)9(8)11(13)14-5-2/h4-6,12H2,1-3H3. The van der Waals surface area contributed by atoms with Gasteiger partial charge in [0, 0.05) is 4.88 Å². The molecule has 0 aromatic carbocycles. The molecule has 1 aromatic rings. The Morgan fingerprint density at radius 2 is 2.13 bits per heavy atom. The smallest absolute Gasteiger partial charge is 0.341 e. The maximum atomic E-state index is 11.7. The number of hydrogen-bond donors (Lipinski definition) is 1. The van der Waals surface area contributed by atoms with Gasteiger partial charge in [-0.15, -0.1) is 11.3 Å². The van der Waals surface area contributed by atoms with Crippen molar-refractivity contribution in [3.8, 4) is 0 Å². The number of esters is 1. The first-order valence-corrected chi connectivity index (χ1v) is 5.98. The van der Waals surface area contributed by atoms with E-state index in [0.29, 0.717) is 17.2 Å². The third-order valence-corrected chi connectivity index (χ3v) is 3.19. The predicted molar refractivity (Wildman–Crippen MR) is 63.4 cm³/mol. The third-order valence-electron chi connectivity index (χ3n) is 2.22. The second kappa shape index (κ2) is 5.16. The number of nitrogens with two attached hydrogens (primary N) is 1. The average Bonchev–Trinajstić information content (AvgIpc) is 2.43. The molecule has 0 aliphatic rings. The molecule has 3 nitrogen and oxygen atoms in total. The van der Waals surface area contributed by atoms with E-state index < -0.39 is 0 Å². The van der Waals surface area contributed by atoms with Gasteiger partial charge in [-0.1, -0.05) is 13.3 Å². The molecule has 4 heteroatoms. The molecule has 0 amide bonds. The van der Waals surface area contributed by atoms with Crippen LogP contribution in [0.15, 0.2) is 0 Å². The van der Waals surface area contributed by atoms with E-state index in [1.165, 1.54) is 11.3 Å². The van der Waals surface area contributed by atoms with Gasteiger partial charge >= 0.3 is 5.97 Å². The number of ether oxygens (including phenoxy) is 1. The zero-order chi connectivity index (χ0) is 11.4. The first kappa shape index (κ1) is 12.0. The summed E-state index contributed by atoms with van der Waals surface area (Å²) >= 11 is 1.47. The van der Waals surface area contributed by atoms with Crippen LogP contribution in [0.1, 0.15) is 41.1 Å². The van der Waals surface area contributed by atoms with E-state index in [0.717, 1.165) is 23.3 Å². The van der Waals surface area contributed by atoms with E-state index in [-0.39, 0.29) is 5.97 Å². The molecule has 0 atom stereocenters. The zero-order valence-electron chi connectivity index (χ0n) is 9.42. The Morgan fingerprint density at radius 3 is 2.67 bits per heavy atom. The Labute approximate surface area is 94.2 Å². The highest BCUT2D eigenvalue weighted by atomic mass is 32.1. The normalized spacial score (nSPS) is 10.3. The van der Waals surface area contributed by atoms with Crippen molar-refractivity contribution in [1.82, 2.24) is 0 Å². The van der Waals surface area contributed by atoms with E-state index >= 15 is 0 Å². The highest BCUT2D eigenvalue weighted by molar-refractivity contribution is 7.16. The minimum Gasteiger partial charge on any atom is -0.462 e. The summed E-state index contributed by atoms with van der Waals surface area (Å²) in [6.07, 6.45) is 1.89. The number of anilines is 1. The van der Waals surface area contributed by atoms with Crippen molar-refractivity contribution in [3.05, 3.63) is 16.0 Å². The lowest BCUT2D eigenvalue weighted by molar-refractivity contribution is 0.0527. The van der Waals surface area contributed by atoms with Crippen molar-refractivity contribution in [3.63, 3.8) is 0 Å². The van der Waals surface area contributed by atoms with Crippen molar-refractivity contribution >= 4 is 22.3 Å². The number of rotatable bonds is 4. The molecule has 2 N–H and O–H groups in total. The summed E-state index contributed by atoms with van der Waals surface area (Å²) < 4.78 is 5.00. The van der Waals surface area contributed by atoms with Gasteiger partial charge in [0.1, 0.15) is 5.00 Å². The molecule has 0 aliphatic heterocycles. The van der Waals surface area contributed by atoms with Crippen molar-refractivity contribution < 1.29 is 9.53 Å². The Bertz CT molecular complexity index is 358. The molecule has 0 spiro atoms. The predicted octanol–water partition coefficient (Wildman–Crippen LogP) is 2.77. The Kier molecular flexibility index (Phi) is 4.15. The van der Waals surface area contributed by atoms with Gasteiger partial charge in [-0.3, -0.25) is 0 Å². The molecule has 0 saturated carbocycles. The summed E-state index contributed by atoms with van der Waals surface area (Å²) in [5.41, 5.74) is 7.46. The van der Waals surface area contributed by atoms with Crippen LogP contribution in [0.25, 0.3) is 0 Å². The van der Waals surface area contributed by atoms with Gasteiger partial charge in [-0.25, -0.2) is 4.79 Å². The molecular weight excluding hydrogens is 210 g/mol. The van der Waals surface area contributed by atoms with E-state index in [4.69, 9.17) is 10.5 Å². The maximum Gasteiger partial charge on any atom is 0.341 e. The van der Waals surface area contributed by atoms with E-state index in [1.54, 1.807) is 6.92 Å². The number of carbonyl (C=O) groups excluding carboxylic acids is 1. The van der Waals surface area contributed by atoms with Crippen molar-refractivity contribution in [2.75, 3.05) is 12.3 Å². The third kappa shape index (κ3) is 2.50. The van der Waals surface area contributed by atoms with Crippen LogP contribution in [0, 0.1) is 6.92 Å². The van der Waals surface area contributed by atoms with Gasteiger partial charge in [0.25, 0.3) is 0 Å². The fraction of sp³-hybridized carbons (Fsp3) is 0.545. The van der Waals surface area contributed by atoms with E-state index in [1.807, 2.05) is 6.92 Å². The van der Waals surface area contributed by atoms with Crippen LogP contribution in [-0.2, 0) is 11.2 Å². The highest BCUT2D eigenvalue weighted by Crippen LogP contribution is 2.31. The monoisotopic (exact) mass is 227 g/mol. The maximum absolute atomic E-state index is 11.7. The molecular formula is C11H17NO2S. The Morgan fingerprint density at radius 1 is 1.47 bits per heavy atom. The van der Waals surface area contributed by atoms with Gasteiger partial charge < -0.3 is 10.5 Å². The minimum atomic E-state index is -0.289. The van der Waals surface area contributed by atoms with Crippen LogP contribution in [0.5, 0.6) is 0 Å². The number of thiophene rings is 1. The van der Waals surface area contributed by atoms with Crippen molar-refractivity contribution in [2.45, 2.75) is 33.6 Å². The SMILES string of the molecule is CCCc1c(C)sc(N)c1C(=O)OCC. The summed E-state index contributed by atoms with van der Waals surface area (Å²) in [4.78, 5) is 12.8. The van der Waals surface area contributed by atoms with Gasteiger partial charge in [0.15, 0.2) is 0 Å². The fourth-order valence-corrected chi connectivity index (χ4v) is 2.55. The van der Waals surface area contributed by atoms with Crippen LogP contribution >= 0.6 is 11.3 Å². The van der Waals surface area contributed by atoms with Gasteiger partial charge in [0.05, 0.1) is 12.2 Å². The van der Waals surface area contributed by atoms with Crippen LogP contribution in [-0.4, -0.2) is 12.6 Å². The van der Waals surface area contributed by atoms with Gasteiger partial charge in [0.2, 0.25) is 0 Å². The molecule has 0 unspecified atom stereocenters. The molecule has 1 rings (SSSR count). The molecule has 1 aromatic heterocycles. The van der Waals surface area contributed by atoms with Crippen LogP contribution in [0.3, 0.4) is 0 Å². The quantitative estimate of drug-likeness (QED) is 0.805. The van der Waals surface area contributed by atoms with Crippen molar-refractivity contribution in [1.29, 1.82) is 0 Å². The molecule has 84 valence electrons. The first-order chi connectivity index (χ1) is 7.11. The lowest BCUT2D eigenvalue weighted by Crippen LogP contribution is -2.08. The summed E-state index contributed by atoms with van der Waals surface area (Å²) in [5.74, 6) is -0.289. The van der Waals surface area contributed by atoms with E-state index in [9.17, 15) is 4.79 Å². The molecule has 15 heavy (non-hydrogen) atoms. The lowest BCUT2D eigenvalue weighted by Gasteiger charge is -2.04. The van der Waals surface area contributed by atoms with Crippen LogP contribution in [0.4, 0.5) is 5.00 Å². The average molecular weight is 227 g/mol. The number of aryl methyl sites for hydroxylation is 1. The largest absolute Gasteiger partial charge is 0.462 e. The Balaban J connectivity index is 3.08. The summed E-state index contributed by atoms with van der Waals surface area (Å²) in [6, 6.07) is 0. The summed E-state index contributed by atoms with van der Waals surface area (Å²) in [5, 5.41) is 0.578. The Hall–Kier alpha value is -1.03. The first-order valence-electron chi connectivity index (χ1n) is 5.16. The second-order valence-electron chi connectivity index (χ2n) is 3.35. The molecule has 0 saturated heterocycles. The topological polar surface area (TPSA) is 52.3 Å². The molecule has 0 radical (unpaired) electrons. The fourth-order valence-electron chi connectivity index (χ4n) is 1.58. The molecule has 0 aliphatic carbocycles. The number of carbonyl (C=O) groups is 1. The zero-order valence-corrected chi connectivity index (χ0v) is 10.2. The van der Waals surface area contributed by atoms with Crippen LogP contribution in [0.2, 0.25) is 0 Å². The van der Waals surface area contributed by atoms with Crippen molar-refractivity contribution in [2.24, 2.45) is 0 Å². The van der Waals surface area contributed by atoms with E-state index in [2.05, 4.69) is 6.92 Å². The summed E-state index contributed by atoms with van der Waals surface area (Å²) in [7, 11) is 0. The second-order valence-corrected chi connectivity index (χ2v) is 4.60.